The summed E-state index contributed by atoms with van der Waals surface area (Å²) in [4.78, 5) is 0.334. The Balaban J connectivity index is 3.02. The van der Waals surface area contributed by atoms with Gasteiger partial charge in [0.1, 0.15) is 0 Å². The van der Waals surface area contributed by atoms with E-state index in [-0.39, 0.29) is 6.04 Å². The number of nitrogens with one attached hydrogen (secondary N) is 1. The Hall–Kier alpha value is -1.31. The van der Waals surface area contributed by atoms with Crippen LogP contribution < -0.4 is 5.32 Å². The van der Waals surface area contributed by atoms with Gasteiger partial charge in [0.15, 0.2) is 9.84 Å². The first kappa shape index (κ1) is 14.7. The lowest BCUT2D eigenvalue weighted by Crippen LogP contribution is -2.22. The first-order valence-electron chi connectivity index (χ1n) is 5.96. The monoisotopic (exact) mass is 265 g/mol. The summed E-state index contributed by atoms with van der Waals surface area (Å²) >= 11 is 0. The molecule has 4 heteroatoms. The number of hydrogen-bond donors (Lipinski definition) is 1. The van der Waals surface area contributed by atoms with Gasteiger partial charge in [-0.3, -0.25) is 0 Å². The van der Waals surface area contributed by atoms with Crippen LogP contribution in [0.3, 0.4) is 0 Å². The van der Waals surface area contributed by atoms with Crippen LogP contribution in [0.15, 0.2) is 29.2 Å². The zero-order valence-electron chi connectivity index (χ0n) is 10.8. The molecule has 0 spiro atoms. The molecule has 1 atom stereocenters. The van der Waals surface area contributed by atoms with E-state index in [4.69, 9.17) is 6.42 Å². The van der Waals surface area contributed by atoms with Crippen molar-refractivity contribution in [1.82, 2.24) is 5.32 Å². The molecule has 0 fully saturated rings. The van der Waals surface area contributed by atoms with Gasteiger partial charge >= 0.3 is 0 Å². The SMILES string of the molecule is C#CCC(NCCC)c1cccc(S(C)(=O)=O)c1. The van der Waals surface area contributed by atoms with Crippen LogP contribution in [0, 0.1) is 12.3 Å². The highest BCUT2D eigenvalue weighted by Crippen LogP contribution is 2.20. The molecule has 0 aliphatic heterocycles. The smallest absolute Gasteiger partial charge is 0.175 e. The third-order valence-electron chi connectivity index (χ3n) is 2.65. The molecule has 18 heavy (non-hydrogen) atoms. The van der Waals surface area contributed by atoms with Crippen LogP contribution in [0.1, 0.15) is 31.4 Å². The molecule has 1 rings (SSSR count). The highest BCUT2D eigenvalue weighted by atomic mass is 32.2. The van der Waals surface area contributed by atoms with E-state index in [9.17, 15) is 8.42 Å². The predicted molar refractivity (Wildman–Crippen MR) is 74.0 cm³/mol. The Bertz CT molecular complexity index is 529. The summed E-state index contributed by atoms with van der Waals surface area (Å²) in [7, 11) is -3.17. The molecule has 3 nitrogen and oxygen atoms in total. The molecule has 0 aliphatic carbocycles. The predicted octanol–water partition coefficient (Wildman–Crippen LogP) is 2.15. The summed E-state index contributed by atoms with van der Waals surface area (Å²) < 4.78 is 23.0. The minimum Gasteiger partial charge on any atom is -0.309 e. The fourth-order valence-electron chi connectivity index (χ4n) is 1.71. The average Bonchev–Trinajstić information content (AvgIpc) is 2.33. The van der Waals surface area contributed by atoms with Crippen molar-refractivity contribution < 1.29 is 8.42 Å². The van der Waals surface area contributed by atoms with E-state index in [1.807, 2.05) is 6.07 Å². The molecule has 0 aliphatic rings. The molecule has 0 saturated carbocycles. The first-order valence-corrected chi connectivity index (χ1v) is 7.85. The van der Waals surface area contributed by atoms with Gasteiger partial charge in [-0.05, 0) is 30.7 Å². The summed E-state index contributed by atoms with van der Waals surface area (Å²) in [6, 6.07) is 6.96. The van der Waals surface area contributed by atoms with Gasteiger partial charge in [-0.25, -0.2) is 8.42 Å². The summed E-state index contributed by atoms with van der Waals surface area (Å²) in [6.45, 7) is 2.93. The van der Waals surface area contributed by atoms with Crippen molar-refractivity contribution >= 4 is 9.84 Å². The molecule has 1 unspecified atom stereocenters. The number of benzene rings is 1. The normalized spacial score (nSPS) is 12.9. The molecule has 1 aromatic carbocycles. The van der Waals surface area contributed by atoms with E-state index in [1.54, 1.807) is 18.2 Å². The Morgan fingerprint density at radius 1 is 1.44 bits per heavy atom. The largest absolute Gasteiger partial charge is 0.309 e. The van der Waals surface area contributed by atoms with Crippen molar-refractivity contribution in [1.29, 1.82) is 0 Å². The minimum atomic E-state index is -3.17. The molecule has 1 N–H and O–H groups in total. The lowest BCUT2D eigenvalue weighted by Gasteiger charge is -2.17. The third-order valence-corrected chi connectivity index (χ3v) is 3.76. The topological polar surface area (TPSA) is 46.2 Å². The summed E-state index contributed by atoms with van der Waals surface area (Å²) in [5.74, 6) is 2.62. The van der Waals surface area contributed by atoms with Crippen molar-refractivity contribution in [2.75, 3.05) is 12.8 Å². The fourth-order valence-corrected chi connectivity index (χ4v) is 2.38. The molecule has 0 heterocycles. The van der Waals surface area contributed by atoms with Gasteiger partial charge in [-0.1, -0.05) is 19.1 Å². The van der Waals surface area contributed by atoms with Gasteiger partial charge in [0.05, 0.1) is 4.90 Å². The Morgan fingerprint density at radius 3 is 2.72 bits per heavy atom. The minimum absolute atomic E-state index is 0.0108. The highest BCUT2D eigenvalue weighted by Gasteiger charge is 2.13. The van der Waals surface area contributed by atoms with Crippen molar-refractivity contribution in [3.8, 4) is 12.3 Å². The molecule has 0 saturated heterocycles. The first-order chi connectivity index (χ1) is 8.49. The van der Waals surface area contributed by atoms with Crippen LogP contribution in [0.2, 0.25) is 0 Å². The van der Waals surface area contributed by atoms with E-state index in [1.165, 1.54) is 6.26 Å². The Labute approximate surface area is 110 Å². The van der Waals surface area contributed by atoms with Gasteiger partial charge in [0.25, 0.3) is 0 Å². The lowest BCUT2D eigenvalue weighted by atomic mass is 10.0. The van der Waals surface area contributed by atoms with Crippen LogP contribution in [-0.4, -0.2) is 21.2 Å². The highest BCUT2D eigenvalue weighted by molar-refractivity contribution is 7.90. The van der Waals surface area contributed by atoms with Gasteiger partial charge in [-0.2, -0.15) is 0 Å². The third kappa shape index (κ3) is 4.17. The number of terminal acetylenes is 1. The Morgan fingerprint density at radius 2 is 2.17 bits per heavy atom. The molecular weight excluding hydrogens is 246 g/mol. The van der Waals surface area contributed by atoms with Crippen LogP contribution in [-0.2, 0) is 9.84 Å². The van der Waals surface area contributed by atoms with E-state index < -0.39 is 9.84 Å². The number of hydrogen-bond acceptors (Lipinski definition) is 3. The van der Waals surface area contributed by atoms with E-state index in [2.05, 4.69) is 18.2 Å². The molecule has 1 aromatic rings. The van der Waals surface area contributed by atoms with Crippen LogP contribution >= 0.6 is 0 Å². The van der Waals surface area contributed by atoms with E-state index in [0.717, 1.165) is 18.5 Å². The number of rotatable bonds is 6. The molecule has 98 valence electrons. The maximum absolute atomic E-state index is 11.5. The average molecular weight is 265 g/mol. The number of sulfone groups is 1. The summed E-state index contributed by atoms with van der Waals surface area (Å²) in [5, 5.41) is 3.33. The maximum atomic E-state index is 11.5. The van der Waals surface area contributed by atoms with Gasteiger partial charge in [0, 0.05) is 18.7 Å². The molecule has 0 bridgehead atoms. The van der Waals surface area contributed by atoms with Gasteiger partial charge in [-0.15, -0.1) is 12.3 Å². The second kappa shape index (κ2) is 6.58. The molecule has 0 aromatic heterocycles. The van der Waals surface area contributed by atoms with E-state index in [0.29, 0.717) is 11.3 Å². The summed E-state index contributed by atoms with van der Waals surface area (Å²) in [5.41, 5.74) is 0.921. The molecular formula is C14H19NO2S. The van der Waals surface area contributed by atoms with Gasteiger partial charge in [0.2, 0.25) is 0 Å². The van der Waals surface area contributed by atoms with Crippen LogP contribution in [0.4, 0.5) is 0 Å². The fraction of sp³-hybridized carbons (Fsp3) is 0.429. The zero-order chi connectivity index (χ0) is 13.6. The Kier molecular flexibility index (Phi) is 5.39. The lowest BCUT2D eigenvalue weighted by molar-refractivity contribution is 0.541. The van der Waals surface area contributed by atoms with Crippen molar-refractivity contribution in [3.63, 3.8) is 0 Å². The van der Waals surface area contributed by atoms with Crippen LogP contribution in [0.5, 0.6) is 0 Å². The van der Waals surface area contributed by atoms with Crippen molar-refractivity contribution in [3.05, 3.63) is 29.8 Å². The molecule has 0 radical (unpaired) electrons. The molecule has 0 amide bonds. The standard InChI is InChI=1S/C14H19NO2S/c1-4-7-14(15-10-5-2)12-8-6-9-13(11-12)18(3,16)17/h1,6,8-9,11,14-15H,5,7,10H2,2-3H3. The van der Waals surface area contributed by atoms with E-state index >= 15 is 0 Å². The second-order valence-electron chi connectivity index (χ2n) is 4.26. The van der Waals surface area contributed by atoms with Gasteiger partial charge < -0.3 is 5.32 Å². The summed E-state index contributed by atoms with van der Waals surface area (Å²) in [6.07, 6.45) is 8.12. The quantitative estimate of drug-likeness (QED) is 0.802. The van der Waals surface area contributed by atoms with Crippen molar-refractivity contribution in [2.45, 2.75) is 30.7 Å². The second-order valence-corrected chi connectivity index (χ2v) is 6.28. The van der Waals surface area contributed by atoms with Crippen LogP contribution in [0.25, 0.3) is 0 Å². The van der Waals surface area contributed by atoms with Crippen molar-refractivity contribution in [2.24, 2.45) is 0 Å². The maximum Gasteiger partial charge on any atom is 0.175 e. The zero-order valence-corrected chi connectivity index (χ0v) is 11.6.